The first kappa shape index (κ1) is 16.2. The van der Waals surface area contributed by atoms with Gasteiger partial charge in [0.1, 0.15) is 0 Å². The van der Waals surface area contributed by atoms with E-state index in [1.54, 1.807) is 0 Å². The highest BCUT2D eigenvalue weighted by Gasteiger charge is 2.09. The van der Waals surface area contributed by atoms with E-state index >= 15 is 0 Å². The lowest BCUT2D eigenvalue weighted by atomic mass is 10.1. The molecule has 0 aliphatic heterocycles. The Hall–Kier alpha value is -1.22. The molecule has 112 valence electrons. The average molecular weight is 323 g/mol. The number of benzene rings is 2. The maximum absolute atomic E-state index is 6.41. The molecular formula is C17H20Cl2N2. The number of anilines is 1. The summed E-state index contributed by atoms with van der Waals surface area (Å²) in [4.78, 5) is 2.11. The Kier molecular flexibility index (Phi) is 5.92. The fraction of sp³-hybridized carbons (Fsp3) is 0.294. The molecule has 21 heavy (non-hydrogen) atoms. The van der Waals surface area contributed by atoms with Crippen molar-refractivity contribution in [2.45, 2.75) is 20.0 Å². The van der Waals surface area contributed by atoms with Crippen LogP contribution in [0.3, 0.4) is 0 Å². The van der Waals surface area contributed by atoms with Crippen LogP contribution in [0.25, 0.3) is 0 Å². The average Bonchev–Trinajstić information content (AvgIpc) is 2.47. The molecule has 2 nitrogen and oxygen atoms in total. The minimum Gasteiger partial charge on any atom is -0.369 e. The first-order valence-electron chi connectivity index (χ1n) is 7.05. The summed E-state index contributed by atoms with van der Waals surface area (Å²) in [6.07, 6.45) is 0. The van der Waals surface area contributed by atoms with Crippen molar-refractivity contribution < 1.29 is 0 Å². The summed E-state index contributed by atoms with van der Waals surface area (Å²) < 4.78 is 0. The third-order valence-corrected chi connectivity index (χ3v) is 4.04. The van der Waals surface area contributed by atoms with Crippen molar-refractivity contribution in [2.24, 2.45) is 0 Å². The minimum absolute atomic E-state index is 0.728. The van der Waals surface area contributed by atoms with Crippen LogP contribution in [0, 0.1) is 0 Å². The standard InChI is InChI=1S/C17H20Cl2N2/c1-3-20-11-13-8-9-17(16(19)10-13)21(2)12-14-6-4-5-7-15(14)18/h4-10,20H,3,11-12H2,1-2H3. The van der Waals surface area contributed by atoms with Gasteiger partial charge in [-0.2, -0.15) is 0 Å². The quantitative estimate of drug-likeness (QED) is 0.826. The summed E-state index contributed by atoms with van der Waals surface area (Å²) in [6.45, 7) is 4.61. The van der Waals surface area contributed by atoms with E-state index in [0.717, 1.165) is 40.9 Å². The maximum atomic E-state index is 6.41. The molecule has 0 aromatic heterocycles. The summed E-state index contributed by atoms with van der Waals surface area (Å²) in [7, 11) is 2.02. The minimum atomic E-state index is 0.728. The second-order valence-electron chi connectivity index (χ2n) is 5.01. The van der Waals surface area contributed by atoms with Gasteiger partial charge in [0, 0.05) is 25.2 Å². The van der Waals surface area contributed by atoms with Crippen molar-refractivity contribution in [2.75, 3.05) is 18.5 Å². The van der Waals surface area contributed by atoms with Crippen molar-refractivity contribution >= 4 is 28.9 Å². The summed E-state index contributed by atoms with van der Waals surface area (Å²) in [5.41, 5.74) is 3.29. The molecule has 1 N–H and O–H groups in total. The monoisotopic (exact) mass is 322 g/mol. The van der Waals surface area contributed by atoms with E-state index < -0.39 is 0 Å². The Bertz CT molecular complexity index is 599. The van der Waals surface area contributed by atoms with Crippen LogP contribution < -0.4 is 10.2 Å². The highest BCUT2D eigenvalue weighted by Crippen LogP contribution is 2.28. The van der Waals surface area contributed by atoms with Crippen molar-refractivity contribution in [3.8, 4) is 0 Å². The van der Waals surface area contributed by atoms with Gasteiger partial charge >= 0.3 is 0 Å². The fourth-order valence-corrected chi connectivity index (χ4v) is 2.75. The summed E-state index contributed by atoms with van der Waals surface area (Å²) in [6, 6.07) is 14.1. The topological polar surface area (TPSA) is 15.3 Å². The molecule has 0 spiro atoms. The Balaban J connectivity index is 2.12. The number of halogens is 2. The van der Waals surface area contributed by atoms with Crippen LogP contribution in [0.4, 0.5) is 5.69 Å². The molecular weight excluding hydrogens is 303 g/mol. The molecule has 0 aliphatic rings. The lowest BCUT2D eigenvalue weighted by Gasteiger charge is -2.22. The summed E-state index contributed by atoms with van der Waals surface area (Å²) >= 11 is 12.6. The Morgan fingerprint density at radius 1 is 1.05 bits per heavy atom. The first-order chi connectivity index (χ1) is 10.1. The fourth-order valence-electron chi connectivity index (χ4n) is 2.21. The number of hydrogen-bond donors (Lipinski definition) is 1. The third kappa shape index (κ3) is 4.37. The number of nitrogens with one attached hydrogen (secondary N) is 1. The number of nitrogens with zero attached hydrogens (tertiary/aromatic N) is 1. The van der Waals surface area contributed by atoms with Crippen LogP contribution >= 0.6 is 23.2 Å². The molecule has 0 unspecified atom stereocenters. The molecule has 0 fully saturated rings. The van der Waals surface area contributed by atoms with Gasteiger partial charge in [0.2, 0.25) is 0 Å². The largest absolute Gasteiger partial charge is 0.369 e. The SMILES string of the molecule is CCNCc1ccc(N(C)Cc2ccccc2Cl)c(Cl)c1. The van der Waals surface area contributed by atoms with Gasteiger partial charge in [0.05, 0.1) is 10.7 Å². The van der Waals surface area contributed by atoms with Crippen molar-refractivity contribution in [1.82, 2.24) is 5.32 Å². The predicted molar refractivity (Wildman–Crippen MR) is 92.4 cm³/mol. The van der Waals surface area contributed by atoms with Crippen LogP contribution in [-0.2, 0) is 13.1 Å². The predicted octanol–water partition coefficient (Wildman–Crippen LogP) is 4.74. The van der Waals surface area contributed by atoms with E-state index in [-0.39, 0.29) is 0 Å². The van der Waals surface area contributed by atoms with Crippen LogP contribution in [-0.4, -0.2) is 13.6 Å². The highest BCUT2D eigenvalue weighted by atomic mass is 35.5. The van der Waals surface area contributed by atoms with Crippen molar-refractivity contribution in [1.29, 1.82) is 0 Å². The molecule has 0 saturated carbocycles. The molecule has 2 aromatic carbocycles. The van der Waals surface area contributed by atoms with Crippen molar-refractivity contribution in [3.63, 3.8) is 0 Å². The number of hydrogen-bond acceptors (Lipinski definition) is 2. The lowest BCUT2D eigenvalue weighted by Crippen LogP contribution is -2.17. The van der Waals surface area contributed by atoms with Gasteiger partial charge in [-0.05, 0) is 35.9 Å². The smallest absolute Gasteiger partial charge is 0.0642 e. The molecule has 2 rings (SSSR count). The lowest BCUT2D eigenvalue weighted by molar-refractivity contribution is 0.727. The van der Waals surface area contributed by atoms with E-state index in [1.807, 2.05) is 37.4 Å². The summed E-state index contributed by atoms with van der Waals surface area (Å²) in [5.74, 6) is 0. The van der Waals surface area contributed by atoms with Gasteiger partial charge in [-0.3, -0.25) is 0 Å². The van der Waals surface area contributed by atoms with Gasteiger partial charge < -0.3 is 10.2 Å². The van der Waals surface area contributed by atoms with Gasteiger partial charge in [-0.1, -0.05) is 54.4 Å². The molecule has 0 radical (unpaired) electrons. The van der Waals surface area contributed by atoms with E-state index in [9.17, 15) is 0 Å². The second-order valence-corrected chi connectivity index (χ2v) is 5.83. The molecule has 0 saturated heterocycles. The molecule has 0 bridgehead atoms. The second kappa shape index (κ2) is 7.69. The Morgan fingerprint density at radius 3 is 2.48 bits per heavy atom. The van der Waals surface area contributed by atoms with E-state index in [4.69, 9.17) is 23.2 Å². The zero-order valence-corrected chi connectivity index (χ0v) is 13.9. The highest BCUT2D eigenvalue weighted by molar-refractivity contribution is 6.33. The van der Waals surface area contributed by atoms with Crippen LogP contribution in [0.15, 0.2) is 42.5 Å². The zero-order chi connectivity index (χ0) is 15.2. The first-order valence-corrected chi connectivity index (χ1v) is 7.81. The van der Waals surface area contributed by atoms with Crippen LogP contribution in [0.1, 0.15) is 18.1 Å². The Labute approximate surface area is 136 Å². The van der Waals surface area contributed by atoms with Gasteiger partial charge in [0.25, 0.3) is 0 Å². The van der Waals surface area contributed by atoms with E-state index in [2.05, 4.69) is 29.3 Å². The Morgan fingerprint density at radius 2 is 1.81 bits per heavy atom. The number of rotatable bonds is 6. The molecule has 4 heteroatoms. The summed E-state index contributed by atoms with van der Waals surface area (Å²) in [5, 5.41) is 4.84. The normalized spacial score (nSPS) is 10.7. The zero-order valence-electron chi connectivity index (χ0n) is 12.4. The molecule has 2 aromatic rings. The molecule has 0 aliphatic carbocycles. The maximum Gasteiger partial charge on any atom is 0.0642 e. The van der Waals surface area contributed by atoms with E-state index in [0.29, 0.717) is 0 Å². The van der Waals surface area contributed by atoms with Crippen molar-refractivity contribution in [3.05, 3.63) is 63.6 Å². The van der Waals surface area contributed by atoms with E-state index in [1.165, 1.54) is 5.56 Å². The third-order valence-electron chi connectivity index (χ3n) is 3.37. The molecule has 0 amide bonds. The van der Waals surface area contributed by atoms with Gasteiger partial charge in [-0.15, -0.1) is 0 Å². The van der Waals surface area contributed by atoms with Gasteiger partial charge in [-0.25, -0.2) is 0 Å². The van der Waals surface area contributed by atoms with Crippen LogP contribution in [0.5, 0.6) is 0 Å². The van der Waals surface area contributed by atoms with Crippen LogP contribution in [0.2, 0.25) is 10.0 Å². The molecule has 0 atom stereocenters. The van der Waals surface area contributed by atoms with Gasteiger partial charge in [0.15, 0.2) is 0 Å². The molecule has 0 heterocycles.